The number of anilines is 1. The molecule has 0 aliphatic rings. The fraction of sp³-hybridized carbons (Fsp3) is 0. The minimum Gasteiger partial charge on any atom is -0.383 e. The number of nitrogens with zero attached hydrogens (tertiary/aromatic N) is 1. The molecule has 3 rings (SSSR count). The first-order chi connectivity index (χ1) is 10.6. The second-order valence-electron chi connectivity index (χ2n) is 4.71. The zero-order valence-electron chi connectivity index (χ0n) is 11.4. The van der Waals surface area contributed by atoms with Crippen LogP contribution in [0.15, 0.2) is 59.4 Å². The molecule has 0 aliphatic heterocycles. The number of rotatable bonds is 2. The highest BCUT2D eigenvalue weighted by atomic mass is 35.5. The third-order valence-corrected chi connectivity index (χ3v) is 3.55. The van der Waals surface area contributed by atoms with Gasteiger partial charge in [-0.15, -0.1) is 0 Å². The summed E-state index contributed by atoms with van der Waals surface area (Å²) in [6.07, 6.45) is 0. The lowest BCUT2D eigenvalue weighted by Gasteiger charge is -2.04. The maximum Gasteiger partial charge on any atom is 0.278 e. The highest BCUT2D eigenvalue weighted by molar-refractivity contribution is 6.30. The summed E-state index contributed by atoms with van der Waals surface area (Å²) in [5.74, 6) is -0.323. The summed E-state index contributed by atoms with van der Waals surface area (Å²) in [5.41, 5.74) is 6.85. The summed E-state index contributed by atoms with van der Waals surface area (Å²) in [4.78, 5) is 24.6. The fourth-order valence-corrected chi connectivity index (χ4v) is 2.34. The van der Waals surface area contributed by atoms with Crippen LogP contribution in [0, 0.1) is 0 Å². The van der Waals surface area contributed by atoms with E-state index in [1.54, 1.807) is 54.6 Å². The van der Waals surface area contributed by atoms with Gasteiger partial charge in [0.15, 0.2) is 0 Å². The SMILES string of the molecule is Nc1c(-c2ccc(Cl)cc2)c(=O)[nH]n1C(=O)c1ccccc1. The molecule has 3 N–H and O–H groups in total. The molecular formula is C16H12ClN3O2. The maximum atomic E-state index is 12.4. The number of hydrogen-bond acceptors (Lipinski definition) is 3. The van der Waals surface area contributed by atoms with E-state index in [-0.39, 0.29) is 11.4 Å². The Labute approximate surface area is 130 Å². The van der Waals surface area contributed by atoms with Crippen molar-refractivity contribution in [2.24, 2.45) is 0 Å². The van der Waals surface area contributed by atoms with E-state index < -0.39 is 11.5 Å². The number of carbonyl (C=O) groups is 1. The summed E-state index contributed by atoms with van der Waals surface area (Å²) in [7, 11) is 0. The van der Waals surface area contributed by atoms with Crippen LogP contribution in [0.5, 0.6) is 0 Å². The molecule has 22 heavy (non-hydrogen) atoms. The molecule has 110 valence electrons. The average Bonchev–Trinajstić information content (AvgIpc) is 2.83. The van der Waals surface area contributed by atoms with Crippen molar-refractivity contribution in [1.29, 1.82) is 0 Å². The van der Waals surface area contributed by atoms with Crippen LogP contribution in [0.25, 0.3) is 11.1 Å². The van der Waals surface area contributed by atoms with Crippen LogP contribution in [-0.4, -0.2) is 15.7 Å². The lowest BCUT2D eigenvalue weighted by atomic mass is 10.1. The summed E-state index contributed by atoms with van der Waals surface area (Å²) in [5, 5.41) is 3.03. The molecule has 1 heterocycles. The van der Waals surface area contributed by atoms with Crippen LogP contribution in [0.3, 0.4) is 0 Å². The monoisotopic (exact) mass is 313 g/mol. The number of aromatic nitrogens is 2. The molecule has 3 aromatic rings. The topological polar surface area (TPSA) is 80.9 Å². The van der Waals surface area contributed by atoms with Gasteiger partial charge >= 0.3 is 0 Å². The summed E-state index contributed by atoms with van der Waals surface area (Å²) < 4.78 is 1.06. The number of nitrogens with one attached hydrogen (secondary N) is 1. The van der Waals surface area contributed by atoms with Crippen LogP contribution in [0.2, 0.25) is 5.02 Å². The first-order valence-electron chi connectivity index (χ1n) is 6.54. The van der Waals surface area contributed by atoms with Crippen molar-refractivity contribution in [3.8, 4) is 11.1 Å². The Bertz CT molecular complexity index is 880. The van der Waals surface area contributed by atoms with E-state index >= 15 is 0 Å². The van der Waals surface area contributed by atoms with Gasteiger partial charge in [-0.2, -0.15) is 4.68 Å². The van der Waals surface area contributed by atoms with E-state index in [2.05, 4.69) is 5.10 Å². The van der Waals surface area contributed by atoms with Crippen LogP contribution in [-0.2, 0) is 0 Å². The average molecular weight is 314 g/mol. The van der Waals surface area contributed by atoms with Crippen molar-refractivity contribution in [2.45, 2.75) is 0 Å². The zero-order chi connectivity index (χ0) is 15.7. The number of benzene rings is 2. The van der Waals surface area contributed by atoms with Gasteiger partial charge in [0.1, 0.15) is 5.82 Å². The van der Waals surface area contributed by atoms with Crippen molar-refractivity contribution >= 4 is 23.3 Å². The first-order valence-corrected chi connectivity index (χ1v) is 6.92. The van der Waals surface area contributed by atoms with Gasteiger partial charge in [-0.3, -0.25) is 14.7 Å². The van der Waals surface area contributed by atoms with E-state index in [0.29, 0.717) is 16.1 Å². The molecule has 2 aromatic carbocycles. The Morgan fingerprint density at radius 3 is 2.32 bits per heavy atom. The highest BCUT2D eigenvalue weighted by Gasteiger charge is 2.19. The minimum atomic E-state index is -0.427. The molecule has 0 atom stereocenters. The van der Waals surface area contributed by atoms with Crippen molar-refractivity contribution in [2.75, 3.05) is 5.73 Å². The van der Waals surface area contributed by atoms with E-state index in [1.165, 1.54) is 0 Å². The van der Waals surface area contributed by atoms with Crippen LogP contribution < -0.4 is 11.3 Å². The van der Waals surface area contributed by atoms with E-state index in [4.69, 9.17) is 17.3 Å². The summed E-state index contributed by atoms with van der Waals surface area (Å²) >= 11 is 5.84. The minimum absolute atomic E-state index is 0.0705. The number of nitrogens with two attached hydrogens (primary N) is 1. The molecule has 0 fully saturated rings. The van der Waals surface area contributed by atoms with Gasteiger partial charge in [-0.1, -0.05) is 41.9 Å². The summed E-state index contributed by atoms with van der Waals surface area (Å²) in [6, 6.07) is 15.3. The Hall–Kier alpha value is -2.79. The first kappa shape index (κ1) is 14.2. The van der Waals surface area contributed by atoms with Gasteiger partial charge in [0, 0.05) is 10.6 Å². The quantitative estimate of drug-likeness (QED) is 0.763. The van der Waals surface area contributed by atoms with Crippen LogP contribution in [0.1, 0.15) is 10.4 Å². The predicted octanol–water partition coefficient (Wildman–Crippen LogP) is 2.77. The second-order valence-corrected chi connectivity index (χ2v) is 5.15. The van der Waals surface area contributed by atoms with Gasteiger partial charge < -0.3 is 5.73 Å². The molecule has 0 aliphatic carbocycles. The van der Waals surface area contributed by atoms with Crippen molar-refractivity contribution in [3.05, 3.63) is 75.5 Å². The lowest BCUT2D eigenvalue weighted by molar-refractivity contribution is 0.0947. The Morgan fingerprint density at radius 1 is 1.05 bits per heavy atom. The maximum absolute atomic E-state index is 12.4. The number of nitrogen functional groups attached to an aromatic ring is 1. The molecule has 0 saturated heterocycles. The van der Waals surface area contributed by atoms with Crippen molar-refractivity contribution in [3.63, 3.8) is 0 Å². The standard InChI is InChI=1S/C16H12ClN3O2/c17-12-8-6-10(7-9-12)13-14(18)20(19-15(13)21)16(22)11-4-2-1-3-5-11/h1-9H,18H2,(H,19,21). The molecule has 0 saturated carbocycles. The van der Waals surface area contributed by atoms with E-state index in [9.17, 15) is 9.59 Å². The predicted molar refractivity (Wildman–Crippen MR) is 86.1 cm³/mol. The number of hydrogen-bond donors (Lipinski definition) is 2. The van der Waals surface area contributed by atoms with Gasteiger partial charge in [-0.25, -0.2) is 0 Å². The fourth-order valence-electron chi connectivity index (χ4n) is 2.21. The van der Waals surface area contributed by atoms with Crippen molar-refractivity contribution < 1.29 is 4.79 Å². The molecular weight excluding hydrogens is 302 g/mol. The largest absolute Gasteiger partial charge is 0.383 e. The lowest BCUT2D eigenvalue weighted by Crippen LogP contribution is -2.17. The van der Waals surface area contributed by atoms with Gasteiger partial charge in [0.2, 0.25) is 0 Å². The Balaban J connectivity index is 2.10. The molecule has 1 aromatic heterocycles. The van der Waals surface area contributed by atoms with Crippen LogP contribution >= 0.6 is 11.6 Å². The molecule has 0 bridgehead atoms. The molecule has 0 radical (unpaired) electrons. The molecule has 5 nitrogen and oxygen atoms in total. The Kier molecular flexibility index (Phi) is 3.56. The van der Waals surface area contributed by atoms with Gasteiger partial charge in [0.05, 0.1) is 5.56 Å². The summed E-state index contributed by atoms with van der Waals surface area (Å²) in [6.45, 7) is 0. The number of carbonyl (C=O) groups excluding carboxylic acids is 1. The molecule has 0 spiro atoms. The number of halogens is 1. The second kappa shape index (κ2) is 5.54. The zero-order valence-corrected chi connectivity index (χ0v) is 12.2. The molecule has 0 amide bonds. The molecule has 0 unspecified atom stereocenters. The smallest absolute Gasteiger partial charge is 0.278 e. The third-order valence-electron chi connectivity index (χ3n) is 3.29. The van der Waals surface area contributed by atoms with E-state index in [1.807, 2.05) is 0 Å². The van der Waals surface area contributed by atoms with E-state index in [0.717, 1.165) is 4.68 Å². The van der Waals surface area contributed by atoms with Gasteiger partial charge in [-0.05, 0) is 29.8 Å². The normalized spacial score (nSPS) is 10.6. The van der Waals surface area contributed by atoms with Crippen LogP contribution in [0.4, 0.5) is 5.82 Å². The highest BCUT2D eigenvalue weighted by Crippen LogP contribution is 2.24. The third kappa shape index (κ3) is 2.42. The van der Waals surface area contributed by atoms with Crippen molar-refractivity contribution in [1.82, 2.24) is 9.78 Å². The molecule has 6 heteroatoms. The number of H-pyrrole nitrogens is 1. The Morgan fingerprint density at radius 2 is 1.68 bits per heavy atom. The van der Waals surface area contributed by atoms with Gasteiger partial charge in [0.25, 0.3) is 11.5 Å². The number of aromatic amines is 1.